The van der Waals surface area contributed by atoms with Crippen molar-refractivity contribution < 1.29 is 27.8 Å². The molecule has 0 amide bonds. The van der Waals surface area contributed by atoms with Crippen molar-refractivity contribution in [1.29, 1.82) is 0 Å². The number of fused-ring (bicyclic) bond motifs is 2. The Balaban J connectivity index is 1.39. The summed E-state index contributed by atoms with van der Waals surface area (Å²) < 4.78 is 48.5. The third-order valence-electron chi connectivity index (χ3n) is 7.10. The standard InChI is InChI=1S/C25H29F3N2O3/c26-25(27,28)33-20-8-10-22(32-19-6-7-19)16(12-20)14-29-23-11-9-21-17(15-31)13-24(23,30-21)18-4-2-1-3-5-18/h1-5,8,10,12,17,19,21,23,29-31H,6-7,9,11,13-15H2/t17-,21-,23+,24+/m0/s1. The fourth-order valence-electron chi connectivity index (χ4n) is 5.42. The predicted molar refractivity (Wildman–Crippen MR) is 117 cm³/mol. The number of halogens is 3. The van der Waals surface area contributed by atoms with Gasteiger partial charge in [0.2, 0.25) is 0 Å². The summed E-state index contributed by atoms with van der Waals surface area (Å²) in [6, 6.07) is 14.8. The van der Waals surface area contributed by atoms with Gasteiger partial charge in [0.1, 0.15) is 11.5 Å². The van der Waals surface area contributed by atoms with Gasteiger partial charge in [0, 0.05) is 30.8 Å². The van der Waals surface area contributed by atoms with E-state index in [0.717, 1.165) is 37.7 Å². The highest BCUT2D eigenvalue weighted by Crippen LogP contribution is 2.46. The topological polar surface area (TPSA) is 62.8 Å². The SMILES string of the molecule is OC[C@@H]1C[C@]2(c3ccccc3)N[C@H]1CC[C@H]2NCc1cc(OC(F)(F)F)ccc1OC1CC1. The van der Waals surface area contributed by atoms with Crippen LogP contribution in [-0.4, -0.2) is 36.3 Å². The van der Waals surface area contributed by atoms with Crippen molar-refractivity contribution in [1.82, 2.24) is 10.6 Å². The number of hydrogen-bond acceptors (Lipinski definition) is 5. The Labute approximate surface area is 191 Å². The van der Waals surface area contributed by atoms with E-state index < -0.39 is 6.36 Å². The van der Waals surface area contributed by atoms with E-state index in [0.29, 0.717) is 17.9 Å². The van der Waals surface area contributed by atoms with E-state index >= 15 is 0 Å². The van der Waals surface area contributed by atoms with Crippen LogP contribution in [0.2, 0.25) is 0 Å². The molecular formula is C25H29F3N2O3. The van der Waals surface area contributed by atoms with E-state index in [2.05, 4.69) is 27.5 Å². The smallest absolute Gasteiger partial charge is 0.490 e. The zero-order chi connectivity index (χ0) is 23.1. The van der Waals surface area contributed by atoms with E-state index in [9.17, 15) is 18.3 Å². The van der Waals surface area contributed by atoms with Crippen LogP contribution in [0.25, 0.3) is 0 Å². The third-order valence-corrected chi connectivity index (χ3v) is 7.10. The molecule has 0 radical (unpaired) electrons. The lowest BCUT2D eigenvalue weighted by molar-refractivity contribution is -0.274. The summed E-state index contributed by atoms with van der Waals surface area (Å²) in [6.07, 6.45) is -0.0557. The number of ether oxygens (including phenoxy) is 2. The molecule has 3 aliphatic rings. The predicted octanol–water partition coefficient (Wildman–Crippen LogP) is 4.24. The summed E-state index contributed by atoms with van der Waals surface area (Å²) >= 11 is 0. The molecule has 3 fully saturated rings. The highest BCUT2D eigenvalue weighted by atomic mass is 19.4. The summed E-state index contributed by atoms with van der Waals surface area (Å²) in [5, 5.41) is 17.3. The lowest BCUT2D eigenvalue weighted by Crippen LogP contribution is -2.58. The zero-order valence-electron chi connectivity index (χ0n) is 18.3. The van der Waals surface area contributed by atoms with Crippen molar-refractivity contribution in [3.63, 3.8) is 0 Å². The molecule has 2 bridgehead atoms. The first-order chi connectivity index (χ1) is 15.9. The summed E-state index contributed by atoms with van der Waals surface area (Å²) in [6.45, 7) is 0.488. The van der Waals surface area contributed by atoms with Crippen LogP contribution in [0.15, 0.2) is 48.5 Å². The Morgan fingerprint density at radius 3 is 2.55 bits per heavy atom. The second-order valence-corrected chi connectivity index (χ2v) is 9.38. The quantitative estimate of drug-likeness (QED) is 0.548. The number of alkyl halides is 3. The van der Waals surface area contributed by atoms with Crippen molar-refractivity contribution in [2.75, 3.05) is 6.61 Å². The Morgan fingerprint density at radius 1 is 1.06 bits per heavy atom. The zero-order valence-corrected chi connectivity index (χ0v) is 18.3. The van der Waals surface area contributed by atoms with Crippen LogP contribution in [0.1, 0.15) is 43.2 Å². The third kappa shape index (κ3) is 4.83. The molecule has 2 saturated heterocycles. The monoisotopic (exact) mass is 462 g/mol. The van der Waals surface area contributed by atoms with E-state index in [1.807, 2.05) is 18.2 Å². The van der Waals surface area contributed by atoms with E-state index in [-0.39, 0.29) is 42.0 Å². The molecule has 2 aromatic rings. The average Bonchev–Trinajstić information content (AvgIpc) is 3.56. The number of hydrogen-bond donors (Lipinski definition) is 3. The molecule has 0 aromatic heterocycles. The van der Waals surface area contributed by atoms with E-state index in [1.54, 1.807) is 6.07 Å². The number of aliphatic hydroxyl groups is 1. The first kappa shape index (κ1) is 22.5. The van der Waals surface area contributed by atoms with Gasteiger partial charge in [-0.1, -0.05) is 30.3 Å². The lowest BCUT2D eigenvalue weighted by Gasteiger charge is -2.43. The number of rotatable bonds is 8. The van der Waals surface area contributed by atoms with E-state index in [4.69, 9.17) is 4.74 Å². The van der Waals surface area contributed by atoms with Crippen molar-refractivity contribution in [3.8, 4) is 11.5 Å². The number of piperidine rings is 1. The van der Waals surface area contributed by atoms with Gasteiger partial charge in [0.05, 0.1) is 11.6 Å². The summed E-state index contributed by atoms with van der Waals surface area (Å²) in [5.74, 6) is 0.520. The Hall–Kier alpha value is -2.29. The van der Waals surface area contributed by atoms with Gasteiger partial charge in [-0.25, -0.2) is 0 Å². The van der Waals surface area contributed by atoms with Gasteiger partial charge >= 0.3 is 6.36 Å². The van der Waals surface area contributed by atoms with Crippen LogP contribution in [0.5, 0.6) is 11.5 Å². The van der Waals surface area contributed by atoms with Crippen LogP contribution in [-0.2, 0) is 12.1 Å². The normalized spacial score (nSPS) is 29.2. The molecule has 1 saturated carbocycles. The molecule has 3 N–H and O–H groups in total. The Morgan fingerprint density at radius 2 is 1.85 bits per heavy atom. The van der Waals surface area contributed by atoms with Gasteiger partial charge in [-0.3, -0.25) is 0 Å². The summed E-state index contributed by atoms with van der Waals surface area (Å²) in [7, 11) is 0. The number of aliphatic hydroxyl groups excluding tert-OH is 1. The van der Waals surface area contributed by atoms with Crippen LogP contribution in [0.3, 0.4) is 0 Å². The Bertz CT molecular complexity index is 967. The van der Waals surface area contributed by atoms with Gasteiger partial charge in [-0.15, -0.1) is 13.2 Å². The van der Waals surface area contributed by atoms with Crippen molar-refractivity contribution in [2.24, 2.45) is 5.92 Å². The molecule has 0 spiro atoms. The van der Waals surface area contributed by atoms with Crippen molar-refractivity contribution >= 4 is 0 Å². The average molecular weight is 463 g/mol. The summed E-state index contributed by atoms with van der Waals surface area (Å²) in [4.78, 5) is 0. The molecule has 0 unspecified atom stereocenters. The van der Waals surface area contributed by atoms with Crippen molar-refractivity contribution in [3.05, 3.63) is 59.7 Å². The lowest BCUT2D eigenvalue weighted by atomic mass is 9.78. The summed E-state index contributed by atoms with van der Waals surface area (Å²) in [5.41, 5.74) is 1.47. The van der Waals surface area contributed by atoms with Crippen molar-refractivity contribution in [2.45, 2.75) is 68.7 Å². The fraction of sp³-hybridized carbons (Fsp3) is 0.520. The maximum atomic E-state index is 12.8. The van der Waals surface area contributed by atoms with Gasteiger partial charge in [0.15, 0.2) is 0 Å². The van der Waals surface area contributed by atoms with Crippen LogP contribution in [0.4, 0.5) is 13.2 Å². The molecule has 178 valence electrons. The molecule has 2 heterocycles. The van der Waals surface area contributed by atoms with Crippen LogP contribution < -0.4 is 20.1 Å². The highest BCUT2D eigenvalue weighted by molar-refractivity contribution is 5.41. The minimum absolute atomic E-state index is 0.0497. The number of benzene rings is 2. The minimum atomic E-state index is -4.74. The van der Waals surface area contributed by atoms with Crippen LogP contribution in [0, 0.1) is 5.92 Å². The second kappa shape index (κ2) is 8.81. The van der Waals surface area contributed by atoms with Gasteiger partial charge < -0.3 is 25.2 Å². The first-order valence-electron chi connectivity index (χ1n) is 11.6. The highest BCUT2D eigenvalue weighted by Gasteiger charge is 2.53. The first-order valence-corrected chi connectivity index (χ1v) is 11.6. The molecule has 33 heavy (non-hydrogen) atoms. The minimum Gasteiger partial charge on any atom is -0.490 e. The van der Waals surface area contributed by atoms with E-state index in [1.165, 1.54) is 12.1 Å². The molecule has 5 rings (SSSR count). The number of nitrogens with one attached hydrogen (secondary N) is 2. The molecule has 8 heteroatoms. The maximum Gasteiger partial charge on any atom is 0.573 e. The largest absolute Gasteiger partial charge is 0.573 e. The van der Waals surface area contributed by atoms with Gasteiger partial charge in [0.25, 0.3) is 0 Å². The van der Waals surface area contributed by atoms with Gasteiger partial charge in [-0.05, 0) is 61.8 Å². The molecular weight excluding hydrogens is 433 g/mol. The molecule has 2 aromatic carbocycles. The Kier molecular flexibility index (Phi) is 6.01. The van der Waals surface area contributed by atoms with Crippen LogP contribution >= 0.6 is 0 Å². The fourth-order valence-corrected chi connectivity index (χ4v) is 5.42. The molecule has 5 nitrogen and oxygen atoms in total. The second-order valence-electron chi connectivity index (χ2n) is 9.38. The maximum absolute atomic E-state index is 12.8. The molecule has 1 aliphatic carbocycles. The molecule has 2 aliphatic heterocycles. The van der Waals surface area contributed by atoms with Gasteiger partial charge in [-0.2, -0.15) is 0 Å². The molecule has 4 atom stereocenters.